The Morgan fingerprint density at radius 3 is 2.70 bits per heavy atom. The Labute approximate surface area is 61.2 Å². The van der Waals surface area contributed by atoms with E-state index in [1.54, 1.807) is 0 Å². The lowest BCUT2D eigenvalue weighted by molar-refractivity contribution is -0.419. The molecule has 1 atom stereocenters. The van der Waals surface area contributed by atoms with Crippen LogP contribution in [0.4, 0.5) is 0 Å². The molecule has 1 rings (SSSR count). The molecule has 1 aliphatic rings. The first-order valence-corrected chi connectivity index (χ1v) is 3.63. The summed E-state index contributed by atoms with van der Waals surface area (Å²) in [4.78, 5) is 9.51. The molecule has 3 nitrogen and oxygen atoms in total. The lowest BCUT2D eigenvalue weighted by atomic mass is 10.1. The first-order valence-electron chi connectivity index (χ1n) is 3.63. The highest BCUT2D eigenvalue weighted by Gasteiger charge is 2.29. The molecule has 0 aliphatic carbocycles. The average molecular weight is 146 g/mol. The van der Waals surface area contributed by atoms with Crippen LogP contribution in [0.15, 0.2) is 0 Å². The van der Waals surface area contributed by atoms with Crippen LogP contribution in [0.1, 0.15) is 26.2 Å². The zero-order valence-corrected chi connectivity index (χ0v) is 6.55. The molecule has 10 heavy (non-hydrogen) atoms. The Kier molecular flexibility index (Phi) is 2.65. The van der Waals surface area contributed by atoms with Crippen LogP contribution >= 0.6 is 0 Å². The minimum Gasteiger partial charge on any atom is -0.348 e. The Morgan fingerprint density at radius 2 is 2.20 bits per heavy atom. The molecule has 1 unspecified atom stereocenters. The van der Waals surface area contributed by atoms with Crippen LogP contribution in [0, 0.1) is 0 Å². The summed E-state index contributed by atoms with van der Waals surface area (Å²) in [6, 6.07) is 0. The zero-order chi connectivity index (χ0) is 7.45. The van der Waals surface area contributed by atoms with Crippen LogP contribution in [0.2, 0.25) is 0 Å². The van der Waals surface area contributed by atoms with Gasteiger partial charge in [-0.25, -0.2) is 9.78 Å². The van der Waals surface area contributed by atoms with Gasteiger partial charge < -0.3 is 4.74 Å². The summed E-state index contributed by atoms with van der Waals surface area (Å²) in [6.07, 6.45) is 3.20. The van der Waals surface area contributed by atoms with E-state index in [9.17, 15) is 0 Å². The molecule has 0 N–H and O–H groups in total. The third-order valence-corrected chi connectivity index (χ3v) is 1.69. The van der Waals surface area contributed by atoms with Crippen LogP contribution < -0.4 is 0 Å². The molecule has 0 aromatic rings. The highest BCUT2D eigenvalue weighted by atomic mass is 17.2. The monoisotopic (exact) mass is 146 g/mol. The van der Waals surface area contributed by atoms with Crippen molar-refractivity contribution in [3.05, 3.63) is 0 Å². The molecule has 60 valence electrons. The topological polar surface area (TPSA) is 27.7 Å². The largest absolute Gasteiger partial charge is 0.348 e. The SMILES string of the molecule is COOC1(C)CCCCO1. The van der Waals surface area contributed by atoms with E-state index in [4.69, 9.17) is 9.62 Å². The highest BCUT2D eigenvalue weighted by molar-refractivity contribution is 4.65. The molecular formula is C7H14O3. The molecule has 0 spiro atoms. The van der Waals surface area contributed by atoms with Gasteiger partial charge in [0.25, 0.3) is 0 Å². The van der Waals surface area contributed by atoms with Crippen LogP contribution in [0.3, 0.4) is 0 Å². The van der Waals surface area contributed by atoms with Gasteiger partial charge in [-0.3, -0.25) is 0 Å². The molecule has 0 saturated carbocycles. The highest BCUT2D eigenvalue weighted by Crippen LogP contribution is 2.25. The van der Waals surface area contributed by atoms with Gasteiger partial charge in [-0.1, -0.05) is 0 Å². The van der Waals surface area contributed by atoms with Gasteiger partial charge in [0, 0.05) is 6.42 Å². The summed E-state index contributed by atoms with van der Waals surface area (Å²) < 4.78 is 5.36. The number of hydrogen-bond donors (Lipinski definition) is 0. The van der Waals surface area contributed by atoms with Gasteiger partial charge in [0.2, 0.25) is 0 Å². The van der Waals surface area contributed by atoms with E-state index in [1.807, 2.05) is 6.92 Å². The molecule has 0 aromatic heterocycles. The predicted octanol–water partition coefficient (Wildman–Crippen LogP) is 1.48. The number of ether oxygens (including phenoxy) is 1. The third kappa shape index (κ3) is 1.94. The lowest BCUT2D eigenvalue weighted by Crippen LogP contribution is -2.35. The number of hydrogen-bond acceptors (Lipinski definition) is 3. The van der Waals surface area contributed by atoms with Crippen molar-refractivity contribution in [2.75, 3.05) is 13.7 Å². The molecule has 0 amide bonds. The van der Waals surface area contributed by atoms with Crippen molar-refractivity contribution in [1.82, 2.24) is 0 Å². The quantitative estimate of drug-likeness (QED) is 0.436. The van der Waals surface area contributed by atoms with Crippen molar-refractivity contribution < 1.29 is 14.5 Å². The molecule has 1 heterocycles. The van der Waals surface area contributed by atoms with Gasteiger partial charge in [0.05, 0.1) is 13.7 Å². The first-order chi connectivity index (χ1) is 4.77. The van der Waals surface area contributed by atoms with Gasteiger partial charge in [-0.15, -0.1) is 0 Å². The standard InChI is InChI=1S/C7H14O3/c1-7(10-8-2)5-3-4-6-9-7/h3-6H2,1-2H3. The first kappa shape index (κ1) is 7.98. The van der Waals surface area contributed by atoms with E-state index in [2.05, 4.69) is 4.89 Å². The summed E-state index contributed by atoms with van der Waals surface area (Å²) in [7, 11) is 1.50. The van der Waals surface area contributed by atoms with E-state index in [-0.39, 0.29) is 0 Å². The molecule has 1 aliphatic heterocycles. The van der Waals surface area contributed by atoms with E-state index in [0.29, 0.717) is 0 Å². The van der Waals surface area contributed by atoms with E-state index in [0.717, 1.165) is 25.9 Å². The third-order valence-electron chi connectivity index (χ3n) is 1.69. The summed E-state index contributed by atoms with van der Waals surface area (Å²) in [5.74, 6) is -0.493. The van der Waals surface area contributed by atoms with Gasteiger partial charge in [0.1, 0.15) is 0 Å². The van der Waals surface area contributed by atoms with Gasteiger partial charge >= 0.3 is 0 Å². The van der Waals surface area contributed by atoms with Gasteiger partial charge in [-0.05, 0) is 19.8 Å². The second-order valence-electron chi connectivity index (χ2n) is 2.69. The summed E-state index contributed by atoms with van der Waals surface area (Å²) in [6.45, 7) is 2.68. The minimum atomic E-state index is -0.493. The molecule has 0 bridgehead atoms. The van der Waals surface area contributed by atoms with Crippen molar-refractivity contribution in [3.8, 4) is 0 Å². The van der Waals surface area contributed by atoms with Gasteiger partial charge in [0.15, 0.2) is 5.79 Å². The van der Waals surface area contributed by atoms with Crippen molar-refractivity contribution in [2.24, 2.45) is 0 Å². The minimum absolute atomic E-state index is 0.493. The van der Waals surface area contributed by atoms with Crippen molar-refractivity contribution in [3.63, 3.8) is 0 Å². The summed E-state index contributed by atoms with van der Waals surface area (Å²) in [5, 5.41) is 0. The van der Waals surface area contributed by atoms with Crippen LogP contribution in [0.25, 0.3) is 0 Å². The van der Waals surface area contributed by atoms with E-state index in [1.165, 1.54) is 7.11 Å². The fourth-order valence-electron chi connectivity index (χ4n) is 1.15. The second-order valence-corrected chi connectivity index (χ2v) is 2.69. The summed E-state index contributed by atoms with van der Waals surface area (Å²) >= 11 is 0. The molecule has 0 radical (unpaired) electrons. The Bertz CT molecular complexity index is 91.5. The summed E-state index contributed by atoms with van der Waals surface area (Å²) in [5.41, 5.74) is 0. The van der Waals surface area contributed by atoms with Crippen molar-refractivity contribution >= 4 is 0 Å². The maximum absolute atomic E-state index is 5.36. The lowest BCUT2D eigenvalue weighted by Gasteiger charge is -2.31. The van der Waals surface area contributed by atoms with E-state index >= 15 is 0 Å². The zero-order valence-electron chi connectivity index (χ0n) is 6.55. The normalized spacial score (nSPS) is 34.2. The van der Waals surface area contributed by atoms with Crippen LogP contribution in [0.5, 0.6) is 0 Å². The maximum Gasteiger partial charge on any atom is 0.198 e. The smallest absolute Gasteiger partial charge is 0.198 e. The van der Waals surface area contributed by atoms with Gasteiger partial charge in [-0.2, -0.15) is 0 Å². The molecule has 0 aromatic carbocycles. The predicted molar refractivity (Wildman–Crippen MR) is 36.3 cm³/mol. The fourth-order valence-corrected chi connectivity index (χ4v) is 1.15. The molecular weight excluding hydrogens is 132 g/mol. The Morgan fingerprint density at radius 1 is 1.40 bits per heavy atom. The van der Waals surface area contributed by atoms with Crippen LogP contribution in [-0.4, -0.2) is 19.5 Å². The molecule has 1 saturated heterocycles. The average Bonchev–Trinajstić information content (AvgIpc) is 1.89. The van der Waals surface area contributed by atoms with Crippen LogP contribution in [-0.2, 0) is 14.5 Å². The molecule has 1 fully saturated rings. The Hall–Kier alpha value is -0.120. The van der Waals surface area contributed by atoms with Crippen molar-refractivity contribution in [2.45, 2.75) is 32.0 Å². The second kappa shape index (κ2) is 3.32. The fraction of sp³-hybridized carbons (Fsp3) is 1.00. The maximum atomic E-state index is 5.36. The molecule has 3 heteroatoms. The van der Waals surface area contributed by atoms with Crippen molar-refractivity contribution in [1.29, 1.82) is 0 Å². The van der Waals surface area contributed by atoms with E-state index < -0.39 is 5.79 Å². The number of rotatable bonds is 2. The Balaban J connectivity index is 2.32.